The highest BCUT2D eigenvalue weighted by Crippen LogP contribution is 2.97. The fourth-order valence-electron chi connectivity index (χ4n) is 14.6. The number of hydrogen-bond donors (Lipinski definition) is 0. The third kappa shape index (κ3) is 2.37. The van der Waals surface area contributed by atoms with Crippen molar-refractivity contribution in [3.05, 3.63) is 0 Å². The van der Waals surface area contributed by atoms with Gasteiger partial charge in [-0.05, 0) is 129 Å². The van der Waals surface area contributed by atoms with Gasteiger partial charge in [0.2, 0.25) is 0 Å². The molecular weight excluding hydrogens is 432 g/mol. The molecule has 0 N–H and O–H groups in total. The second-order valence-corrected chi connectivity index (χ2v) is 18.5. The van der Waals surface area contributed by atoms with Crippen LogP contribution < -0.4 is 0 Å². The second-order valence-electron chi connectivity index (χ2n) is 18.5. The maximum absolute atomic E-state index is 2.84. The average molecular weight is 495 g/mol. The summed E-state index contributed by atoms with van der Waals surface area (Å²) in [5.41, 5.74) is 2.92. The van der Waals surface area contributed by atoms with Crippen molar-refractivity contribution in [1.82, 2.24) is 0 Å². The molecule has 0 nitrogen and oxygen atoms in total. The van der Waals surface area contributed by atoms with Crippen LogP contribution in [-0.2, 0) is 0 Å². The molecule has 0 aliphatic heterocycles. The molecular formula is C36H62. The fourth-order valence-corrected chi connectivity index (χ4v) is 14.6. The van der Waals surface area contributed by atoms with Crippen LogP contribution in [0.5, 0.6) is 0 Å². The molecule has 15 unspecified atom stereocenters. The summed E-state index contributed by atoms with van der Waals surface area (Å²) < 4.78 is 0. The molecule has 0 saturated heterocycles. The van der Waals surface area contributed by atoms with E-state index in [1.165, 1.54) is 12.8 Å². The number of rotatable bonds is 0. The summed E-state index contributed by atoms with van der Waals surface area (Å²) >= 11 is 0. The van der Waals surface area contributed by atoms with E-state index in [1.54, 1.807) is 12.8 Å². The van der Waals surface area contributed by atoms with Gasteiger partial charge in [0.25, 0.3) is 0 Å². The Hall–Kier alpha value is 0. The molecule has 0 heterocycles. The Bertz CT molecular complexity index is 938. The van der Waals surface area contributed by atoms with Crippen molar-refractivity contribution in [3.8, 4) is 0 Å². The minimum absolute atomic E-state index is 0.326. The largest absolute Gasteiger partial charge is 0.0620 e. The molecule has 0 aromatic carbocycles. The first kappa shape index (κ1) is 26.2. The van der Waals surface area contributed by atoms with E-state index in [-0.39, 0.29) is 0 Å². The van der Waals surface area contributed by atoms with Crippen molar-refractivity contribution >= 4 is 0 Å². The lowest BCUT2D eigenvalue weighted by molar-refractivity contribution is -0.313. The average Bonchev–Trinajstić information content (AvgIpc) is 3.16. The number of fused-ring (bicyclic) bond motifs is 3. The van der Waals surface area contributed by atoms with Crippen LogP contribution >= 0.6 is 0 Å². The summed E-state index contributed by atoms with van der Waals surface area (Å²) in [7, 11) is 0. The zero-order valence-corrected chi connectivity index (χ0v) is 26.8. The predicted molar refractivity (Wildman–Crippen MR) is 154 cm³/mol. The monoisotopic (exact) mass is 494 g/mol. The van der Waals surface area contributed by atoms with Gasteiger partial charge in [0, 0.05) is 0 Å². The van der Waals surface area contributed by atoms with E-state index in [4.69, 9.17) is 0 Å². The maximum Gasteiger partial charge on any atom is -0.0165 e. The third-order valence-corrected chi connectivity index (χ3v) is 18.1. The van der Waals surface area contributed by atoms with Gasteiger partial charge >= 0.3 is 0 Å². The molecule has 5 bridgehead atoms. The normalized spacial score (nSPS) is 63.8. The van der Waals surface area contributed by atoms with E-state index < -0.39 is 0 Å². The van der Waals surface area contributed by atoms with Crippen LogP contribution in [0, 0.1) is 104 Å². The van der Waals surface area contributed by atoms with Crippen molar-refractivity contribution in [1.29, 1.82) is 0 Å². The summed E-state index contributed by atoms with van der Waals surface area (Å²) in [5, 5.41) is 0. The van der Waals surface area contributed by atoms with Crippen LogP contribution in [0.3, 0.4) is 0 Å². The van der Waals surface area contributed by atoms with Crippen molar-refractivity contribution in [2.24, 2.45) is 104 Å². The quantitative estimate of drug-likeness (QED) is 0.314. The van der Waals surface area contributed by atoms with Crippen LogP contribution in [-0.4, -0.2) is 0 Å². The lowest BCUT2D eigenvalue weighted by atomic mass is 9.25. The summed E-state index contributed by atoms with van der Waals surface area (Å²) in [5.74, 6) is 10.8. The Morgan fingerprint density at radius 1 is 0.611 bits per heavy atom. The van der Waals surface area contributed by atoms with Crippen molar-refractivity contribution in [3.63, 3.8) is 0 Å². The lowest BCUT2D eigenvalue weighted by Gasteiger charge is -2.79. The Morgan fingerprint density at radius 3 is 1.83 bits per heavy atom. The Balaban J connectivity index is 1.56. The first-order chi connectivity index (χ1) is 16.4. The molecule has 0 heteroatoms. The second kappa shape index (κ2) is 7.00. The first-order valence-corrected chi connectivity index (χ1v) is 16.4. The molecule has 206 valence electrons. The van der Waals surface area contributed by atoms with E-state index in [0.29, 0.717) is 38.4 Å². The van der Waals surface area contributed by atoms with E-state index in [2.05, 4.69) is 96.9 Å². The van der Waals surface area contributed by atoms with E-state index >= 15 is 0 Å². The zero-order chi connectivity index (χ0) is 26.8. The molecule has 0 aromatic rings. The van der Waals surface area contributed by atoms with Gasteiger partial charge < -0.3 is 0 Å². The summed E-state index contributed by atoms with van der Waals surface area (Å²) in [6.45, 7) is 37.7. The van der Waals surface area contributed by atoms with Gasteiger partial charge in [0.1, 0.15) is 0 Å². The topological polar surface area (TPSA) is 0 Å². The molecule has 0 amide bonds. The van der Waals surface area contributed by atoms with Crippen LogP contribution in [0.4, 0.5) is 0 Å². The first-order valence-electron chi connectivity index (χ1n) is 16.4. The van der Waals surface area contributed by atoms with Crippen molar-refractivity contribution in [2.45, 2.75) is 123 Å². The lowest BCUT2D eigenvalue weighted by Crippen LogP contribution is -2.73. The van der Waals surface area contributed by atoms with Crippen LogP contribution in [0.15, 0.2) is 0 Å². The highest BCUT2D eigenvalue weighted by atomic mass is 15.0. The van der Waals surface area contributed by atoms with E-state index in [9.17, 15) is 0 Å². The van der Waals surface area contributed by atoms with Crippen molar-refractivity contribution in [2.75, 3.05) is 0 Å². The molecule has 7 rings (SSSR count). The van der Waals surface area contributed by atoms with E-state index in [1.807, 2.05) is 0 Å². The Kier molecular flexibility index (Phi) is 5.10. The minimum atomic E-state index is 0.326. The molecule has 7 saturated carbocycles. The van der Waals surface area contributed by atoms with Crippen LogP contribution in [0.25, 0.3) is 0 Å². The molecule has 15 atom stereocenters. The Morgan fingerprint density at radius 2 is 1.22 bits per heavy atom. The minimum Gasteiger partial charge on any atom is -0.0620 e. The standard InChI is InChI=1S/C36H62/c1-19-15-20(2)35-18-28-34(19,14)33(12,13)25(7)32(10,11)24(6)21(3)23(5)31(8,9)16-26-22(4)29-27(35)17-36(28,35)30(26)29/h19-30H,15-18H2,1-14H3. The summed E-state index contributed by atoms with van der Waals surface area (Å²) in [4.78, 5) is 0. The predicted octanol–water partition coefficient (Wildman–Crippen LogP) is 10.2. The summed E-state index contributed by atoms with van der Waals surface area (Å²) in [6, 6.07) is 0. The molecule has 7 aliphatic carbocycles. The summed E-state index contributed by atoms with van der Waals surface area (Å²) in [6.07, 6.45) is 6.14. The highest BCUT2D eigenvalue weighted by Gasteiger charge is 2.92. The fraction of sp³-hybridized carbons (Fsp3) is 1.00. The van der Waals surface area contributed by atoms with Crippen LogP contribution in [0.2, 0.25) is 0 Å². The molecule has 0 aromatic heterocycles. The Labute approximate surface area is 225 Å². The molecule has 7 aliphatic rings. The maximum atomic E-state index is 2.84. The van der Waals surface area contributed by atoms with Gasteiger partial charge in [0.05, 0.1) is 0 Å². The molecule has 7 fully saturated rings. The van der Waals surface area contributed by atoms with Gasteiger partial charge in [-0.2, -0.15) is 0 Å². The molecule has 36 heavy (non-hydrogen) atoms. The highest BCUT2D eigenvalue weighted by molar-refractivity contribution is 5.39. The smallest absolute Gasteiger partial charge is 0.0165 e. The van der Waals surface area contributed by atoms with Crippen LogP contribution in [0.1, 0.15) is 123 Å². The van der Waals surface area contributed by atoms with Gasteiger partial charge in [-0.3, -0.25) is 0 Å². The zero-order valence-electron chi connectivity index (χ0n) is 26.8. The SMILES string of the molecule is CC1C2CC(C)(C)C(C)C(C)C(C)C(C)(C)C(C)C(C)(C)C3(C)C(C)CC(C)C45CC3C43CC5C1C23. The number of hydrogen-bond acceptors (Lipinski definition) is 0. The third-order valence-electron chi connectivity index (χ3n) is 18.1. The van der Waals surface area contributed by atoms with Gasteiger partial charge in [-0.1, -0.05) is 96.9 Å². The van der Waals surface area contributed by atoms with Gasteiger partial charge in [-0.15, -0.1) is 0 Å². The molecule has 0 radical (unpaired) electrons. The van der Waals surface area contributed by atoms with Gasteiger partial charge in [0.15, 0.2) is 0 Å². The van der Waals surface area contributed by atoms with E-state index in [0.717, 1.165) is 65.1 Å². The van der Waals surface area contributed by atoms with Crippen molar-refractivity contribution < 1.29 is 0 Å². The molecule has 2 spiro atoms. The van der Waals surface area contributed by atoms with Gasteiger partial charge in [-0.25, -0.2) is 0 Å².